The lowest BCUT2D eigenvalue weighted by Gasteiger charge is -2.45. The van der Waals surface area contributed by atoms with Gasteiger partial charge < -0.3 is 5.11 Å². The Balaban J connectivity index is 2.03. The number of carboxylic acid groups (broad SMARTS) is 1. The molecule has 0 aromatic carbocycles. The summed E-state index contributed by atoms with van der Waals surface area (Å²) in [5.74, 6) is 0.639. The molecule has 0 bridgehead atoms. The van der Waals surface area contributed by atoms with E-state index in [1.807, 2.05) is 18.7 Å². The van der Waals surface area contributed by atoms with Gasteiger partial charge >= 0.3 is 5.97 Å². The quantitative estimate of drug-likeness (QED) is 0.825. The fourth-order valence-corrected chi connectivity index (χ4v) is 4.36. The van der Waals surface area contributed by atoms with Crippen molar-refractivity contribution in [1.29, 1.82) is 0 Å². The van der Waals surface area contributed by atoms with Crippen molar-refractivity contribution in [2.75, 3.05) is 18.8 Å². The smallest absolute Gasteiger partial charge is 0.310 e. The van der Waals surface area contributed by atoms with Crippen molar-refractivity contribution in [3.63, 3.8) is 0 Å². The van der Waals surface area contributed by atoms with Crippen LogP contribution in [0.3, 0.4) is 0 Å². The standard InChI is InChI=1S/C13H23NO2S/c1-10-11(5-3-8-17-10)14-7-4-6-13(2,9-14)12(15)16/h10-11H,3-9H2,1-2H3,(H,15,16). The molecule has 0 aromatic heterocycles. The van der Waals surface area contributed by atoms with Gasteiger partial charge in [0, 0.05) is 17.8 Å². The molecule has 2 heterocycles. The SMILES string of the molecule is CC1SCCCC1N1CCCC(C)(C(=O)O)C1. The first-order valence-corrected chi connectivity index (χ1v) is 7.67. The number of nitrogens with zero attached hydrogens (tertiary/aromatic N) is 1. The van der Waals surface area contributed by atoms with E-state index in [2.05, 4.69) is 11.8 Å². The van der Waals surface area contributed by atoms with Crippen LogP contribution in [-0.4, -0.2) is 46.1 Å². The third-order valence-electron chi connectivity index (χ3n) is 4.28. The summed E-state index contributed by atoms with van der Waals surface area (Å²) in [5, 5.41) is 10.0. The van der Waals surface area contributed by atoms with Gasteiger partial charge in [-0.3, -0.25) is 9.69 Å². The molecule has 3 unspecified atom stereocenters. The van der Waals surface area contributed by atoms with Gasteiger partial charge in [0.1, 0.15) is 0 Å². The first kappa shape index (κ1) is 13.2. The van der Waals surface area contributed by atoms with Crippen molar-refractivity contribution in [1.82, 2.24) is 4.90 Å². The number of carbonyl (C=O) groups is 1. The van der Waals surface area contributed by atoms with Crippen molar-refractivity contribution in [3.05, 3.63) is 0 Å². The molecule has 0 aromatic rings. The number of rotatable bonds is 2. The van der Waals surface area contributed by atoms with Crippen molar-refractivity contribution >= 4 is 17.7 Å². The van der Waals surface area contributed by atoms with Gasteiger partial charge in [-0.1, -0.05) is 6.92 Å². The maximum absolute atomic E-state index is 11.4. The maximum Gasteiger partial charge on any atom is 0.310 e. The highest BCUT2D eigenvalue weighted by atomic mass is 32.2. The highest BCUT2D eigenvalue weighted by molar-refractivity contribution is 7.99. The van der Waals surface area contributed by atoms with E-state index >= 15 is 0 Å². The zero-order chi connectivity index (χ0) is 12.5. The lowest BCUT2D eigenvalue weighted by atomic mass is 9.81. The molecule has 0 amide bonds. The monoisotopic (exact) mass is 257 g/mol. The second-order valence-corrected chi connectivity index (χ2v) is 7.21. The van der Waals surface area contributed by atoms with Crippen LogP contribution in [0.4, 0.5) is 0 Å². The topological polar surface area (TPSA) is 40.5 Å². The molecule has 2 fully saturated rings. The second kappa shape index (κ2) is 5.19. The Morgan fingerprint density at radius 1 is 1.47 bits per heavy atom. The molecule has 4 heteroatoms. The minimum absolute atomic E-state index is 0.528. The van der Waals surface area contributed by atoms with Crippen LogP contribution in [0.5, 0.6) is 0 Å². The molecular formula is C13H23NO2S. The van der Waals surface area contributed by atoms with E-state index in [0.717, 1.165) is 25.9 Å². The Kier molecular flexibility index (Phi) is 4.03. The number of piperidine rings is 1. The van der Waals surface area contributed by atoms with Gasteiger partial charge in [-0.25, -0.2) is 0 Å². The molecule has 3 nitrogen and oxygen atoms in total. The number of aliphatic carboxylic acids is 1. The summed E-state index contributed by atoms with van der Waals surface area (Å²) in [6.45, 7) is 6.01. The number of likely N-dealkylation sites (tertiary alicyclic amines) is 1. The fraction of sp³-hybridized carbons (Fsp3) is 0.923. The van der Waals surface area contributed by atoms with E-state index in [4.69, 9.17) is 0 Å². The molecule has 98 valence electrons. The second-order valence-electron chi connectivity index (χ2n) is 5.73. The molecule has 2 aliphatic heterocycles. The summed E-state index contributed by atoms with van der Waals surface area (Å²) in [5.41, 5.74) is -0.528. The summed E-state index contributed by atoms with van der Waals surface area (Å²) in [4.78, 5) is 13.8. The Labute approximate surface area is 108 Å². The Morgan fingerprint density at radius 2 is 2.24 bits per heavy atom. The van der Waals surface area contributed by atoms with Crippen molar-refractivity contribution in [3.8, 4) is 0 Å². The highest BCUT2D eigenvalue weighted by Gasteiger charge is 2.41. The zero-order valence-electron chi connectivity index (χ0n) is 10.8. The van der Waals surface area contributed by atoms with Gasteiger partial charge in [-0.05, 0) is 44.9 Å². The van der Waals surface area contributed by atoms with Crippen LogP contribution in [0.15, 0.2) is 0 Å². The Morgan fingerprint density at radius 3 is 2.88 bits per heavy atom. The molecule has 1 N–H and O–H groups in total. The molecule has 2 aliphatic rings. The van der Waals surface area contributed by atoms with Gasteiger partial charge in [0.15, 0.2) is 0 Å². The number of hydrogen-bond acceptors (Lipinski definition) is 3. The normalized spacial score (nSPS) is 40.1. The molecule has 0 saturated carbocycles. The van der Waals surface area contributed by atoms with Gasteiger partial charge in [0.2, 0.25) is 0 Å². The first-order chi connectivity index (χ1) is 8.03. The third kappa shape index (κ3) is 2.79. The van der Waals surface area contributed by atoms with Crippen molar-refractivity contribution < 1.29 is 9.90 Å². The predicted octanol–water partition coefficient (Wildman–Crippen LogP) is 2.46. The van der Waals surface area contributed by atoms with Crippen LogP contribution < -0.4 is 0 Å². The third-order valence-corrected chi connectivity index (χ3v) is 5.64. The van der Waals surface area contributed by atoms with E-state index in [1.54, 1.807) is 0 Å². The van der Waals surface area contributed by atoms with Crippen LogP contribution in [0.25, 0.3) is 0 Å². The summed E-state index contributed by atoms with van der Waals surface area (Å²) in [6, 6.07) is 0.590. The highest BCUT2D eigenvalue weighted by Crippen LogP contribution is 2.35. The number of hydrogen-bond donors (Lipinski definition) is 1. The van der Waals surface area contributed by atoms with Gasteiger partial charge in [0.05, 0.1) is 5.41 Å². The Hall–Kier alpha value is -0.220. The van der Waals surface area contributed by atoms with E-state index in [9.17, 15) is 9.90 Å². The minimum Gasteiger partial charge on any atom is -0.481 e. The average Bonchev–Trinajstić information content (AvgIpc) is 2.29. The van der Waals surface area contributed by atoms with Gasteiger partial charge in [-0.2, -0.15) is 11.8 Å². The van der Waals surface area contributed by atoms with Crippen LogP contribution >= 0.6 is 11.8 Å². The van der Waals surface area contributed by atoms with Crippen LogP contribution in [0, 0.1) is 5.41 Å². The lowest BCUT2D eigenvalue weighted by molar-refractivity contribution is -0.151. The summed E-state index contributed by atoms with van der Waals surface area (Å²) < 4.78 is 0. The lowest BCUT2D eigenvalue weighted by Crippen LogP contribution is -2.53. The minimum atomic E-state index is -0.627. The van der Waals surface area contributed by atoms with E-state index < -0.39 is 11.4 Å². The van der Waals surface area contributed by atoms with Gasteiger partial charge in [-0.15, -0.1) is 0 Å². The summed E-state index contributed by atoms with van der Waals surface area (Å²) >= 11 is 2.04. The molecule has 3 atom stereocenters. The van der Waals surface area contributed by atoms with E-state index in [-0.39, 0.29) is 0 Å². The molecule has 0 aliphatic carbocycles. The summed E-state index contributed by atoms with van der Waals surface area (Å²) in [6.07, 6.45) is 4.37. The first-order valence-electron chi connectivity index (χ1n) is 6.62. The predicted molar refractivity (Wildman–Crippen MR) is 71.5 cm³/mol. The van der Waals surface area contributed by atoms with Crippen molar-refractivity contribution in [2.24, 2.45) is 5.41 Å². The Bertz CT molecular complexity index is 297. The largest absolute Gasteiger partial charge is 0.481 e. The number of carboxylic acids is 1. The summed E-state index contributed by atoms with van der Waals surface area (Å²) in [7, 11) is 0. The molecule has 2 saturated heterocycles. The van der Waals surface area contributed by atoms with Crippen molar-refractivity contribution in [2.45, 2.75) is 50.8 Å². The van der Waals surface area contributed by atoms with Gasteiger partial charge in [0.25, 0.3) is 0 Å². The van der Waals surface area contributed by atoms with E-state index in [0.29, 0.717) is 11.3 Å². The zero-order valence-corrected chi connectivity index (χ0v) is 11.6. The average molecular weight is 257 g/mol. The molecule has 2 rings (SSSR count). The number of thioether (sulfide) groups is 1. The van der Waals surface area contributed by atoms with E-state index in [1.165, 1.54) is 18.6 Å². The molecule has 0 spiro atoms. The maximum atomic E-state index is 11.4. The fourth-order valence-electron chi connectivity index (χ4n) is 3.12. The van der Waals surface area contributed by atoms with Crippen LogP contribution in [0.2, 0.25) is 0 Å². The molecule has 0 radical (unpaired) electrons. The molecule has 17 heavy (non-hydrogen) atoms. The molecular weight excluding hydrogens is 234 g/mol. The van der Waals surface area contributed by atoms with Crippen LogP contribution in [-0.2, 0) is 4.79 Å². The van der Waals surface area contributed by atoms with Crippen LogP contribution in [0.1, 0.15) is 39.5 Å².